The number of carbonyl (C=O) groups is 2. The Kier molecular flexibility index (Phi) is 6.63. The van der Waals surface area contributed by atoms with Crippen molar-refractivity contribution in [3.8, 4) is 0 Å². The van der Waals surface area contributed by atoms with E-state index in [-0.39, 0.29) is 17.6 Å². The number of aryl methyl sites for hydroxylation is 1. The summed E-state index contributed by atoms with van der Waals surface area (Å²) in [6, 6.07) is 8.20. The first-order valence-corrected chi connectivity index (χ1v) is 7.53. The van der Waals surface area contributed by atoms with Gasteiger partial charge >= 0.3 is 0 Å². The van der Waals surface area contributed by atoms with E-state index in [1.165, 1.54) is 5.56 Å². The Bertz CT molecular complexity index is 441. The fraction of sp³-hybridized carbons (Fsp3) is 0.556. The molecular formula is C18H26O2. The Labute approximate surface area is 122 Å². The second kappa shape index (κ2) is 7.98. The highest BCUT2D eigenvalue weighted by Gasteiger charge is 2.09. The van der Waals surface area contributed by atoms with Crippen LogP contribution in [0.15, 0.2) is 24.3 Å². The number of ketones is 2. The van der Waals surface area contributed by atoms with Gasteiger partial charge in [0.2, 0.25) is 0 Å². The van der Waals surface area contributed by atoms with Crippen LogP contribution in [0.1, 0.15) is 51.7 Å². The van der Waals surface area contributed by atoms with Gasteiger partial charge in [-0.3, -0.25) is 9.59 Å². The highest BCUT2D eigenvalue weighted by molar-refractivity contribution is 5.82. The van der Waals surface area contributed by atoms with E-state index in [0.29, 0.717) is 18.6 Å². The van der Waals surface area contributed by atoms with Gasteiger partial charge in [0.1, 0.15) is 11.6 Å². The van der Waals surface area contributed by atoms with E-state index in [4.69, 9.17) is 0 Å². The minimum absolute atomic E-state index is 0.0942. The molecule has 1 rings (SSSR count). The lowest BCUT2D eigenvalue weighted by molar-refractivity contribution is -0.122. The molecule has 1 aromatic carbocycles. The second-order valence-electron chi connectivity index (χ2n) is 6.09. The second-order valence-corrected chi connectivity index (χ2v) is 6.09. The van der Waals surface area contributed by atoms with Crippen molar-refractivity contribution in [1.82, 2.24) is 0 Å². The summed E-state index contributed by atoms with van der Waals surface area (Å²) >= 11 is 0. The molecule has 0 unspecified atom stereocenters. The molecule has 0 spiro atoms. The van der Waals surface area contributed by atoms with Crippen molar-refractivity contribution in [2.24, 2.45) is 11.8 Å². The fourth-order valence-corrected chi connectivity index (χ4v) is 1.98. The first kappa shape index (κ1) is 16.6. The van der Waals surface area contributed by atoms with Crippen LogP contribution in [0, 0.1) is 11.8 Å². The summed E-state index contributed by atoms with van der Waals surface area (Å²) in [5, 5.41) is 0. The van der Waals surface area contributed by atoms with Crippen LogP contribution in [0.5, 0.6) is 0 Å². The van der Waals surface area contributed by atoms with E-state index in [0.717, 1.165) is 18.4 Å². The average molecular weight is 274 g/mol. The number of carbonyl (C=O) groups excluding carboxylic acids is 2. The number of benzene rings is 1. The summed E-state index contributed by atoms with van der Waals surface area (Å²) in [4.78, 5) is 23.2. The van der Waals surface area contributed by atoms with Gasteiger partial charge in [0.15, 0.2) is 0 Å². The quantitative estimate of drug-likeness (QED) is 0.718. The number of hydrogen-bond acceptors (Lipinski definition) is 2. The van der Waals surface area contributed by atoms with Gasteiger partial charge in [-0.15, -0.1) is 0 Å². The molecule has 0 saturated carbocycles. The van der Waals surface area contributed by atoms with Gasteiger partial charge in [-0.1, -0.05) is 52.0 Å². The van der Waals surface area contributed by atoms with Crippen molar-refractivity contribution in [3.05, 3.63) is 35.4 Å². The Morgan fingerprint density at radius 2 is 1.35 bits per heavy atom. The molecule has 0 amide bonds. The molecule has 0 aliphatic carbocycles. The normalized spacial score (nSPS) is 11.1. The fourth-order valence-electron chi connectivity index (χ4n) is 1.98. The molecule has 110 valence electrons. The lowest BCUT2D eigenvalue weighted by atomic mass is 9.98. The monoisotopic (exact) mass is 274 g/mol. The third kappa shape index (κ3) is 5.68. The minimum atomic E-state index is 0.0942. The van der Waals surface area contributed by atoms with E-state index in [9.17, 15) is 9.59 Å². The largest absolute Gasteiger partial charge is 0.299 e. The molecule has 0 heterocycles. The molecule has 2 nitrogen and oxygen atoms in total. The standard InChI is InChI=1S/C18H26O2/c1-13(2)17(19)7-5-6-15-8-10-16(11-9-15)12-18(20)14(3)4/h8-11,13-14H,5-7,12H2,1-4H3. The maximum absolute atomic E-state index is 11.7. The van der Waals surface area contributed by atoms with Gasteiger partial charge in [-0.25, -0.2) is 0 Å². The summed E-state index contributed by atoms with van der Waals surface area (Å²) in [6.45, 7) is 7.76. The van der Waals surface area contributed by atoms with Crippen LogP contribution in [-0.4, -0.2) is 11.6 Å². The van der Waals surface area contributed by atoms with Crippen LogP contribution >= 0.6 is 0 Å². The van der Waals surface area contributed by atoms with Crippen molar-refractivity contribution in [1.29, 1.82) is 0 Å². The molecule has 0 atom stereocenters. The van der Waals surface area contributed by atoms with E-state index in [1.807, 2.05) is 39.8 Å². The molecule has 0 aliphatic rings. The predicted octanol–water partition coefficient (Wildman–Crippen LogP) is 4.00. The molecule has 2 heteroatoms. The zero-order valence-electron chi connectivity index (χ0n) is 13.1. The summed E-state index contributed by atoms with van der Waals surface area (Å²) < 4.78 is 0. The number of hydrogen-bond donors (Lipinski definition) is 0. The Hall–Kier alpha value is -1.44. The SMILES string of the molecule is CC(C)C(=O)CCCc1ccc(CC(=O)C(C)C)cc1. The maximum Gasteiger partial charge on any atom is 0.139 e. The lowest BCUT2D eigenvalue weighted by Crippen LogP contribution is -2.10. The van der Waals surface area contributed by atoms with E-state index in [2.05, 4.69) is 12.1 Å². The molecule has 0 saturated heterocycles. The zero-order valence-corrected chi connectivity index (χ0v) is 13.1. The first-order chi connectivity index (χ1) is 9.40. The average Bonchev–Trinajstić information content (AvgIpc) is 2.40. The first-order valence-electron chi connectivity index (χ1n) is 7.53. The molecule has 1 aromatic rings. The van der Waals surface area contributed by atoms with Crippen LogP contribution in [0.3, 0.4) is 0 Å². The van der Waals surface area contributed by atoms with Crippen LogP contribution in [0.4, 0.5) is 0 Å². The predicted molar refractivity (Wildman–Crippen MR) is 82.8 cm³/mol. The summed E-state index contributed by atoms with van der Waals surface area (Å²) in [7, 11) is 0. The molecule has 0 fully saturated rings. The van der Waals surface area contributed by atoms with Crippen molar-refractivity contribution < 1.29 is 9.59 Å². The van der Waals surface area contributed by atoms with Crippen molar-refractivity contribution in [2.45, 2.75) is 53.4 Å². The van der Waals surface area contributed by atoms with Gasteiger partial charge in [-0.05, 0) is 24.0 Å². The maximum atomic E-state index is 11.7. The zero-order chi connectivity index (χ0) is 15.1. The van der Waals surface area contributed by atoms with Gasteiger partial charge in [0.25, 0.3) is 0 Å². The van der Waals surface area contributed by atoms with E-state index >= 15 is 0 Å². The molecule has 0 radical (unpaired) electrons. The summed E-state index contributed by atoms with van der Waals surface area (Å²) in [5.74, 6) is 0.848. The molecule has 0 aromatic heterocycles. The van der Waals surface area contributed by atoms with Crippen LogP contribution in [0.2, 0.25) is 0 Å². The van der Waals surface area contributed by atoms with E-state index in [1.54, 1.807) is 0 Å². The molecular weight excluding hydrogens is 248 g/mol. The summed E-state index contributed by atoms with van der Waals surface area (Å²) in [6.07, 6.45) is 3.01. The molecule has 20 heavy (non-hydrogen) atoms. The highest BCUT2D eigenvalue weighted by Crippen LogP contribution is 2.11. The van der Waals surface area contributed by atoms with Crippen LogP contribution in [0.25, 0.3) is 0 Å². The van der Waals surface area contributed by atoms with E-state index < -0.39 is 0 Å². The molecule has 0 N–H and O–H groups in total. The highest BCUT2D eigenvalue weighted by atomic mass is 16.1. The van der Waals surface area contributed by atoms with Crippen LogP contribution in [-0.2, 0) is 22.4 Å². The van der Waals surface area contributed by atoms with Crippen molar-refractivity contribution in [2.75, 3.05) is 0 Å². The van der Waals surface area contributed by atoms with Gasteiger partial charge in [-0.2, -0.15) is 0 Å². The van der Waals surface area contributed by atoms with Gasteiger partial charge in [0, 0.05) is 24.7 Å². The van der Waals surface area contributed by atoms with Crippen molar-refractivity contribution >= 4 is 11.6 Å². The third-order valence-corrected chi connectivity index (χ3v) is 3.58. The Morgan fingerprint density at radius 1 is 0.850 bits per heavy atom. The Morgan fingerprint density at radius 3 is 1.85 bits per heavy atom. The van der Waals surface area contributed by atoms with Crippen molar-refractivity contribution in [3.63, 3.8) is 0 Å². The smallest absolute Gasteiger partial charge is 0.139 e. The lowest BCUT2D eigenvalue weighted by Gasteiger charge is -2.06. The minimum Gasteiger partial charge on any atom is -0.299 e. The third-order valence-electron chi connectivity index (χ3n) is 3.58. The summed E-state index contributed by atoms with van der Waals surface area (Å²) in [5.41, 5.74) is 2.31. The van der Waals surface area contributed by atoms with Gasteiger partial charge in [0.05, 0.1) is 0 Å². The topological polar surface area (TPSA) is 34.1 Å². The Balaban J connectivity index is 2.43. The van der Waals surface area contributed by atoms with Gasteiger partial charge < -0.3 is 0 Å². The molecule has 0 aliphatic heterocycles. The number of rotatable bonds is 8. The molecule has 0 bridgehead atoms. The van der Waals surface area contributed by atoms with Crippen LogP contribution < -0.4 is 0 Å². The number of Topliss-reactive ketones (excluding diaryl/α,β-unsaturated/α-hetero) is 2.